The second-order valence-electron chi connectivity index (χ2n) is 9.42. The number of anilines is 1. The van der Waals surface area contributed by atoms with Gasteiger partial charge in [-0.15, -0.1) is 4.40 Å². The number of halogens is 1. The van der Waals surface area contributed by atoms with E-state index in [-0.39, 0.29) is 22.6 Å². The number of nitrogens with one attached hydrogen (secondary N) is 1. The molecule has 0 spiro atoms. The first-order valence-electron chi connectivity index (χ1n) is 11.3. The van der Waals surface area contributed by atoms with E-state index in [1.807, 2.05) is 6.20 Å². The average Bonchev–Trinajstić information content (AvgIpc) is 3.26. The van der Waals surface area contributed by atoms with Crippen LogP contribution >= 0.6 is 11.6 Å². The number of sulfonamides is 1. The average molecular weight is 530 g/mol. The Labute approximate surface area is 215 Å². The molecular weight excluding hydrogens is 502 g/mol. The van der Waals surface area contributed by atoms with Crippen LogP contribution in [-0.2, 0) is 32.5 Å². The highest BCUT2D eigenvalue weighted by molar-refractivity contribution is 7.90. The molecule has 1 saturated heterocycles. The zero-order chi connectivity index (χ0) is 25.9. The van der Waals surface area contributed by atoms with Crippen molar-refractivity contribution in [2.24, 2.45) is 9.81 Å². The fourth-order valence-electron chi connectivity index (χ4n) is 3.81. The highest BCUT2D eigenvalue weighted by Crippen LogP contribution is 2.33. The molecule has 0 aliphatic carbocycles. The van der Waals surface area contributed by atoms with Crippen molar-refractivity contribution in [1.29, 1.82) is 0 Å². The van der Waals surface area contributed by atoms with Crippen LogP contribution in [0.25, 0.3) is 11.1 Å². The quantitative estimate of drug-likeness (QED) is 0.334. The largest absolute Gasteiger partial charge is 0.380 e. The lowest BCUT2D eigenvalue weighted by atomic mass is 9.89. The maximum absolute atomic E-state index is 13.2. The highest BCUT2D eigenvalue weighted by Gasteiger charge is 2.34. The van der Waals surface area contributed by atoms with E-state index in [1.54, 1.807) is 61.4 Å². The summed E-state index contributed by atoms with van der Waals surface area (Å²) in [5, 5.41) is 7.68. The van der Waals surface area contributed by atoms with Gasteiger partial charge in [0.2, 0.25) is 5.91 Å². The van der Waals surface area contributed by atoms with Gasteiger partial charge < -0.3 is 15.0 Å². The van der Waals surface area contributed by atoms with Gasteiger partial charge in [0, 0.05) is 47.5 Å². The Hall–Kier alpha value is -3.21. The van der Waals surface area contributed by atoms with Crippen LogP contribution in [0, 0.1) is 5.41 Å². The fraction of sp³-hybridized carbons (Fsp3) is 0.320. The van der Waals surface area contributed by atoms with Gasteiger partial charge in [0.15, 0.2) is 0 Å². The topological polar surface area (TPSA) is 106 Å². The number of carbonyl (C=O) groups is 1. The van der Waals surface area contributed by atoms with Gasteiger partial charge in [-0.1, -0.05) is 42.8 Å². The number of hydrogen-bond acceptors (Lipinski definition) is 5. The first kappa shape index (κ1) is 25.9. The molecule has 0 radical (unpaired) electrons. The molecule has 3 aromatic rings. The normalized spacial score (nSPS) is 15.0. The van der Waals surface area contributed by atoms with E-state index in [0.29, 0.717) is 47.2 Å². The molecule has 36 heavy (non-hydrogen) atoms. The van der Waals surface area contributed by atoms with E-state index in [0.717, 1.165) is 0 Å². The molecule has 4 rings (SSSR count). The van der Waals surface area contributed by atoms with E-state index >= 15 is 0 Å². The maximum atomic E-state index is 13.2. The first-order valence-corrected chi connectivity index (χ1v) is 13.1. The van der Waals surface area contributed by atoms with Crippen LogP contribution in [0.2, 0.25) is 5.02 Å². The third-order valence-electron chi connectivity index (χ3n) is 5.66. The molecule has 9 nitrogen and oxygen atoms in total. The molecule has 1 aliphatic rings. The SMILES string of the molecule is CN(C)/C=N/S(=O)(=O)c1cc(NC(=O)Cc2ccccc2Cl)ccc1-c1cnn(CC2(C)COC2)c1. The summed E-state index contributed by atoms with van der Waals surface area (Å²) in [4.78, 5) is 14.2. The molecule has 0 unspecified atom stereocenters. The summed E-state index contributed by atoms with van der Waals surface area (Å²) in [6.07, 6.45) is 4.71. The zero-order valence-electron chi connectivity index (χ0n) is 20.3. The second-order valence-corrected chi connectivity index (χ2v) is 11.4. The number of hydrogen-bond donors (Lipinski definition) is 1. The van der Waals surface area contributed by atoms with Gasteiger partial charge in [-0.25, -0.2) is 0 Å². The van der Waals surface area contributed by atoms with E-state index in [4.69, 9.17) is 16.3 Å². The molecule has 1 aliphatic heterocycles. The summed E-state index contributed by atoms with van der Waals surface area (Å²) < 4.78 is 37.3. The van der Waals surface area contributed by atoms with Crippen molar-refractivity contribution in [2.45, 2.75) is 24.8 Å². The van der Waals surface area contributed by atoms with Crippen molar-refractivity contribution in [3.63, 3.8) is 0 Å². The van der Waals surface area contributed by atoms with Crippen molar-refractivity contribution >= 4 is 39.6 Å². The number of aromatic nitrogens is 2. The molecule has 190 valence electrons. The highest BCUT2D eigenvalue weighted by atomic mass is 35.5. The molecule has 0 bridgehead atoms. The Morgan fingerprint density at radius 2 is 2.03 bits per heavy atom. The molecule has 0 saturated carbocycles. The molecule has 11 heteroatoms. The number of ether oxygens (including phenoxy) is 1. The smallest absolute Gasteiger partial charge is 0.284 e. The van der Waals surface area contributed by atoms with Crippen molar-refractivity contribution in [2.75, 3.05) is 32.6 Å². The molecule has 2 aromatic carbocycles. The summed E-state index contributed by atoms with van der Waals surface area (Å²) in [5.41, 5.74) is 2.09. The van der Waals surface area contributed by atoms with Gasteiger partial charge in [-0.05, 0) is 23.8 Å². The minimum Gasteiger partial charge on any atom is -0.380 e. The Morgan fingerprint density at radius 1 is 1.28 bits per heavy atom. The Morgan fingerprint density at radius 3 is 2.69 bits per heavy atom. The molecule has 1 fully saturated rings. The van der Waals surface area contributed by atoms with Crippen molar-refractivity contribution in [3.8, 4) is 11.1 Å². The molecule has 0 atom stereocenters. The van der Waals surface area contributed by atoms with Crippen LogP contribution in [-0.4, -0.2) is 62.7 Å². The molecular formula is C25H28ClN5O4S. The minimum absolute atomic E-state index is 0.00396. The van der Waals surface area contributed by atoms with Gasteiger partial charge in [0.05, 0.1) is 37.3 Å². The first-order chi connectivity index (χ1) is 17.0. The number of rotatable bonds is 9. The van der Waals surface area contributed by atoms with E-state index < -0.39 is 10.0 Å². The Bertz CT molecular complexity index is 1400. The number of benzene rings is 2. The standard InChI is InChI=1S/C25H28ClN5O4S/c1-25(15-35-16-25)14-31-13-19(12-27-31)21-9-8-20(11-23(21)36(33,34)28-17-30(2)3)29-24(32)10-18-6-4-5-7-22(18)26/h4-9,11-13,17H,10,14-16H2,1-3H3,(H,29,32)/b28-17+. The third kappa shape index (κ3) is 6.13. The van der Waals surface area contributed by atoms with Crippen LogP contribution in [0.1, 0.15) is 12.5 Å². The fourth-order valence-corrected chi connectivity index (χ4v) is 5.18. The second kappa shape index (κ2) is 10.4. The van der Waals surface area contributed by atoms with Crippen molar-refractivity contribution in [1.82, 2.24) is 14.7 Å². The van der Waals surface area contributed by atoms with E-state index in [9.17, 15) is 13.2 Å². The summed E-state index contributed by atoms with van der Waals surface area (Å²) in [6.45, 7) is 4.08. The van der Waals surface area contributed by atoms with Gasteiger partial charge in [-0.3, -0.25) is 9.48 Å². The van der Waals surface area contributed by atoms with Crippen LogP contribution < -0.4 is 5.32 Å². The zero-order valence-corrected chi connectivity index (χ0v) is 21.9. The summed E-state index contributed by atoms with van der Waals surface area (Å²) >= 11 is 6.17. The van der Waals surface area contributed by atoms with Crippen LogP contribution in [0.3, 0.4) is 0 Å². The lowest BCUT2D eigenvalue weighted by Gasteiger charge is -2.37. The van der Waals surface area contributed by atoms with Crippen molar-refractivity contribution < 1.29 is 17.9 Å². The number of nitrogens with zero attached hydrogens (tertiary/aromatic N) is 4. The lowest BCUT2D eigenvalue weighted by molar-refractivity contribution is -0.115. The van der Waals surface area contributed by atoms with Crippen molar-refractivity contribution in [3.05, 3.63) is 65.4 Å². The van der Waals surface area contributed by atoms with Crippen LogP contribution in [0.15, 0.2) is 64.2 Å². The predicted molar refractivity (Wildman–Crippen MR) is 140 cm³/mol. The summed E-state index contributed by atoms with van der Waals surface area (Å²) in [5.74, 6) is -0.320. The van der Waals surface area contributed by atoms with Gasteiger partial charge >= 0.3 is 0 Å². The third-order valence-corrected chi connectivity index (χ3v) is 7.29. The molecule has 1 aromatic heterocycles. The summed E-state index contributed by atoms with van der Waals surface area (Å²) in [7, 11) is -0.718. The van der Waals surface area contributed by atoms with E-state index in [2.05, 4.69) is 21.7 Å². The van der Waals surface area contributed by atoms with Crippen LogP contribution in [0.4, 0.5) is 5.69 Å². The summed E-state index contributed by atoms with van der Waals surface area (Å²) in [6, 6.07) is 11.8. The molecule has 1 N–H and O–H groups in total. The lowest BCUT2D eigenvalue weighted by Crippen LogP contribution is -2.43. The minimum atomic E-state index is -4.08. The Kier molecular flexibility index (Phi) is 7.49. The van der Waals surface area contributed by atoms with Gasteiger partial charge in [-0.2, -0.15) is 13.5 Å². The number of carbonyl (C=O) groups excluding carboxylic acids is 1. The molecule has 1 amide bonds. The van der Waals surface area contributed by atoms with Crippen LogP contribution in [0.5, 0.6) is 0 Å². The Balaban J connectivity index is 1.64. The number of amides is 1. The van der Waals surface area contributed by atoms with E-state index in [1.165, 1.54) is 17.3 Å². The molecule has 2 heterocycles. The van der Waals surface area contributed by atoms with Gasteiger partial charge in [0.1, 0.15) is 6.34 Å². The van der Waals surface area contributed by atoms with Gasteiger partial charge in [0.25, 0.3) is 10.0 Å². The maximum Gasteiger partial charge on any atom is 0.284 e. The monoisotopic (exact) mass is 529 g/mol. The predicted octanol–water partition coefficient (Wildman–Crippen LogP) is 3.70.